The number of benzene rings is 1. The van der Waals surface area contributed by atoms with Crippen LogP contribution in [0.3, 0.4) is 0 Å². The molecule has 1 aromatic carbocycles. The molecule has 0 aliphatic carbocycles. The minimum absolute atomic E-state index is 0.541. The normalized spacial score (nSPS) is 12.6. The third kappa shape index (κ3) is 3.75. The summed E-state index contributed by atoms with van der Waals surface area (Å²) in [6.07, 6.45) is 1.14. The summed E-state index contributed by atoms with van der Waals surface area (Å²) in [5.41, 5.74) is 1.24. The second-order valence-electron chi connectivity index (χ2n) is 3.78. The lowest BCUT2D eigenvalue weighted by atomic mass is 10.2. The highest BCUT2D eigenvalue weighted by Crippen LogP contribution is 2.34. The van der Waals surface area contributed by atoms with Crippen LogP contribution in [0.5, 0.6) is 5.75 Å². The van der Waals surface area contributed by atoms with E-state index in [2.05, 4.69) is 63.2 Å². The number of ether oxygens (including phenoxy) is 1. The molecule has 1 rings (SSSR count). The lowest BCUT2D eigenvalue weighted by Crippen LogP contribution is -2.24. The Bertz CT molecular complexity index is 332. The van der Waals surface area contributed by atoms with E-state index in [9.17, 15) is 0 Å². The van der Waals surface area contributed by atoms with Crippen LogP contribution in [0.2, 0.25) is 0 Å². The molecule has 0 spiro atoms. The molecular weight excluding hydrogens is 334 g/mol. The number of rotatable bonds is 5. The summed E-state index contributed by atoms with van der Waals surface area (Å²) in [6.45, 7) is 5.24. The van der Waals surface area contributed by atoms with Crippen molar-refractivity contribution in [3.8, 4) is 5.75 Å². The molecular formula is C12H17Br2NO. The molecule has 0 radical (unpaired) electrons. The van der Waals surface area contributed by atoms with Gasteiger partial charge in [0.15, 0.2) is 0 Å². The first-order valence-electron chi connectivity index (χ1n) is 5.33. The van der Waals surface area contributed by atoms with Crippen LogP contribution in [0, 0.1) is 0 Å². The van der Waals surface area contributed by atoms with Crippen molar-refractivity contribution in [3.05, 3.63) is 26.6 Å². The van der Waals surface area contributed by atoms with E-state index >= 15 is 0 Å². The SMILES string of the molecule is CC[C@@H](C)NCc1cc(Br)c(OC)c(Br)c1. The minimum atomic E-state index is 0.541. The zero-order valence-electron chi connectivity index (χ0n) is 9.81. The first-order chi connectivity index (χ1) is 7.58. The van der Waals surface area contributed by atoms with Crippen molar-refractivity contribution in [2.24, 2.45) is 0 Å². The predicted octanol–water partition coefficient (Wildman–Crippen LogP) is 4.11. The van der Waals surface area contributed by atoms with Gasteiger partial charge in [0.25, 0.3) is 0 Å². The van der Waals surface area contributed by atoms with Crippen LogP contribution in [0.1, 0.15) is 25.8 Å². The van der Waals surface area contributed by atoms with E-state index in [0.29, 0.717) is 6.04 Å². The second-order valence-corrected chi connectivity index (χ2v) is 5.49. The average Bonchev–Trinajstić information content (AvgIpc) is 2.25. The highest BCUT2D eigenvalue weighted by atomic mass is 79.9. The summed E-state index contributed by atoms with van der Waals surface area (Å²) >= 11 is 7.00. The Balaban J connectivity index is 2.76. The Morgan fingerprint density at radius 2 is 1.88 bits per heavy atom. The molecule has 0 aliphatic rings. The maximum absolute atomic E-state index is 5.26. The van der Waals surface area contributed by atoms with Crippen LogP contribution in [-0.2, 0) is 6.54 Å². The Hall–Kier alpha value is -0.0600. The molecule has 1 N–H and O–H groups in total. The molecule has 0 fully saturated rings. The number of nitrogens with one attached hydrogen (secondary N) is 1. The van der Waals surface area contributed by atoms with E-state index in [1.165, 1.54) is 5.56 Å². The molecule has 0 saturated carbocycles. The van der Waals surface area contributed by atoms with Gasteiger partial charge in [-0.1, -0.05) is 6.92 Å². The van der Waals surface area contributed by atoms with E-state index in [-0.39, 0.29) is 0 Å². The molecule has 4 heteroatoms. The highest BCUT2D eigenvalue weighted by Gasteiger charge is 2.08. The van der Waals surface area contributed by atoms with E-state index in [4.69, 9.17) is 4.74 Å². The topological polar surface area (TPSA) is 21.3 Å². The first kappa shape index (κ1) is 14.0. The van der Waals surface area contributed by atoms with Gasteiger partial charge in [0, 0.05) is 12.6 Å². The quantitative estimate of drug-likeness (QED) is 0.862. The van der Waals surface area contributed by atoms with Crippen LogP contribution in [0.4, 0.5) is 0 Å². The smallest absolute Gasteiger partial charge is 0.147 e. The average molecular weight is 351 g/mol. The van der Waals surface area contributed by atoms with Crippen molar-refractivity contribution in [1.82, 2.24) is 5.32 Å². The van der Waals surface area contributed by atoms with Crippen LogP contribution in [-0.4, -0.2) is 13.2 Å². The Morgan fingerprint density at radius 1 is 1.31 bits per heavy atom. The second kappa shape index (κ2) is 6.62. The third-order valence-electron chi connectivity index (χ3n) is 2.53. The molecule has 0 unspecified atom stereocenters. The van der Waals surface area contributed by atoms with Gasteiger partial charge in [-0.25, -0.2) is 0 Å². The number of halogens is 2. The summed E-state index contributed by atoms with van der Waals surface area (Å²) < 4.78 is 7.22. The molecule has 16 heavy (non-hydrogen) atoms. The molecule has 1 aromatic rings. The molecule has 1 atom stereocenters. The number of hydrogen-bond acceptors (Lipinski definition) is 2. The van der Waals surface area contributed by atoms with Crippen LogP contribution >= 0.6 is 31.9 Å². The summed E-state index contributed by atoms with van der Waals surface area (Å²) in [6, 6.07) is 4.71. The monoisotopic (exact) mass is 349 g/mol. The van der Waals surface area contributed by atoms with Gasteiger partial charge in [-0.2, -0.15) is 0 Å². The standard InChI is InChI=1S/C12H17Br2NO/c1-4-8(2)15-7-9-5-10(13)12(16-3)11(14)6-9/h5-6,8,15H,4,7H2,1-3H3/t8-/m1/s1. The van der Waals surface area contributed by atoms with Crippen molar-refractivity contribution in [2.75, 3.05) is 7.11 Å². The summed E-state index contributed by atoms with van der Waals surface area (Å²) in [4.78, 5) is 0. The lowest BCUT2D eigenvalue weighted by molar-refractivity contribution is 0.409. The van der Waals surface area contributed by atoms with E-state index in [1.54, 1.807) is 7.11 Å². The van der Waals surface area contributed by atoms with Crippen molar-refractivity contribution < 1.29 is 4.74 Å². The van der Waals surface area contributed by atoms with Gasteiger partial charge in [-0.15, -0.1) is 0 Å². The molecule has 2 nitrogen and oxygen atoms in total. The Kier molecular flexibility index (Phi) is 5.79. The molecule has 0 saturated heterocycles. The Morgan fingerprint density at radius 3 is 2.31 bits per heavy atom. The first-order valence-corrected chi connectivity index (χ1v) is 6.92. The largest absolute Gasteiger partial charge is 0.494 e. The Labute approximate surface area is 114 Å². The number of hydrogen-bond donors (Lipinski definition) is 1. The van der Waals surface area contributed by atoms with Crippen LogP contribution < -0.4 is 10.1 Å². The van der Waals surface area contributed by atoms with Crippen molar-refractivity contribution >= 4 is 31.9 Å². The van der Waals surface area contributed by atoms with Gasteiger partial charge in [-0.05, 0) is 62.9 Å². The zero-order chi connectivity index (χ0) is 12.1. The van der Waals surface area contributed by atoms with Crippen molar-refractivity contribution in [2.45, 2.75) is 32.9 Å². The molecule has 0 aliphatic heterocycles. The van der Waals surface area contributed by atoms with Gasteiger partial charge in [0.1, 0.15) is 5.75 Å². The van der Waals surface area contributed by atoms with Crippen LogP contribution in [0.15, 0.2) is 21.1 Å². The van der Waals surface area contributed by atoms with Gasteiger partial charge < -0.3 is 10.1 Å². The fourth-order valence-corrected chi connectivity index (χ4v) is 2.95. The summed E-state index contributed by atoms with van der Waals surface area (Å²) in [5.74, 6) is 0.840. The molecule has 0 bridgehead atoms. The molecule has 0 amide bonds. The van der Waals surface area contributed by atoms with Crippen LogP contribution in [0.25, 0.3) is 0 Å². The zero-order valence-corrected chi connectivity index (χ0v) is 13.0. The van der Waals surface area contributed by atoms with Gasteiger partial charge in [0.05, 0.1) is 16.1 Å². The predicted molar refractivity (Wildman–Crippen MR) is 75.0 cm³/mol. The maximum atomic E-state index is 5.26. The molecule has 0 heterocycles. The van der Waals surface area contributed by atoms with Gasteiger partial charge >= 0.3 is 0 Å². The van der Waals surface area contributed by atoms with E-state index in [1.807, 2.05) is 0 Å². The fraction of sp³-hybridized carbons (Fsp3) is 0.500. The van der Waals surface area contributed by atoms with E-state index < -0.39 is 0 Å². The highest BCUT2D eigenvalue weighted by molar-refractivity contribution is 9.11. The van der Waals surface area contributed by atoms with Crippen molar-refractivity contribution in [1.29, 1.82) is 0 Å². The summed E-state index contributed by atoms with van der Waals surface area (Å²) in [7, 11) is 1.67. The molecule has 90 valence electrons. The van der Waals surface area contributed by atoms with E-state index in [0.717, 1.165) is 27.7 Å². The number of methoxy groups -OCH3 is 1. The lowest BCUT2D eigenvalue weighted by Gasteiger charge is -2.13. The van der Waals surface area contributed by atoms with Gasteiger partial charge in [0.2, 0.25) is 0 Å². The maximum Gasteiger partial charge on any atom is 0.147 e. The minimum Gasteiger partial charge on any atom is -0.494 e. The van der Waals surface area contributed by atoms with Crippen molar-refractivity contribution in [3.63, 3.8) is 0 Å². The molecule has 0 aromatic heterocycles. The summed E-state index contributed by atoms with van der Waals surface area (Å²) in [5, 5.41) is 3.46. The van der Waals surface area contributed by atoms with Gasteiger partial charge in [-0.3, -0.25) is 0 Å². The third-order valence-corrected chi connectivity index (χ3v) is 3.71. The fourth-order valence-electron chi connectivity index (χ4n) is 1.35.